The molecular weight excluding hydrogens is 336 g/mol. The highest BCUT2D eigenvalue weighted by Crippen LogP contribution is 2.22. The van der Waals surface area contributed by atoms with Gasteiger partial charge in [-0.3, -0.25) is 9.48 Å². The largest absolute Gasteiger partial charge is 0.348 e. The standard InChI is InChI=1S/C22H24N4O/c27-22(24-19-12-7-13-23-14-19)20-16-26(15-17-8-3-1-4-9-17)25-21(20)18-10-5-2-6-11-18/h1-6,8-11,16,19,23H,7,12-15H2,(H,24,27)/t19-/m0/s1. The number of hydrogen-bond acceptors (Lipinski definition) is 3. The Hall–Kier alpha value is -2.92. The van der Waals surface area contributed by atoms with Gasteiger partial charge < -0.3 is 10.6 Å². The molecule has 1 aliphatic rings. The van der Waals surface area contributed by atoms with Gasteiger partial charge >= 0.3 is 0 Å². The van der Waals surface area contributed by atoms with E-state index in [1.165, 1.54) is 0 Å². The van der Waals surface area contributed by atoms with Crippen molar-refractivity contribution in [2.24, 2.45) is 0 Å². The van der Waals surface area contributed by atoms with Crippen LogP contribution in [-0.2, 0) is 6.54 Å². The first-order valence-electron chi connectivity index (χ1n) is 9.48. The lowest BCUT2D eigenvalue weighted by Gasteiger charge is -2.23. The number of nitrogens with zero attached hydrogens (tertiary/aromatic N) is 2. The molecule has 0 bridgehead atoms. The highest BCUT2D eigenvalue weighted by Gasteiger charge is 2.21. The summed E-state index contributed by atoms with van der Waals surface area (Å²) in [5.74, 6) is -0.0538. The average molecular weight is 360 g/mol. The average Bonchev–Trinajstić information content (AvgIpc) is 3.14. The van der Waals surface area contributed by atoms with Gasteiger partial charge in [0.15, 0.2) is 0 Å². The van der Waals surface area contributed by atoms with Crippen molar-refractivity contribution in [2.75, 3.05) is 13.1 Å². The molecule has 0 aliphatic carbocycles. The van der Waals surface area contributed by atoms with E-state index in [0.29, 0.717) is 12.1 Å². The summed E-state index contributed by atoms with van der Waals surface area (Å²) in [5, 5.41) is 11.2. The van der Waals surface area contributed by atoms with Gasteiger partial charge in [-0.25, -0.2) is 0 Å². The van der Waals surface area contributed by atoms with Crippen molar-refractivity contribution in [3.8, 4) is 11.3 Å². The predicted octanol–water partition coefficient (Wildman–Crippen LogP) is 3.08. The molecule has 1 saturated heterocycles. The Morgan fingerprint density at radius 2 is 1.85 bits per heavy atom. The van der Waals surface area contributed by atoms with Crippen LogP contribution in [0, 0.1) is 0 Å². The molecule has 0 spiro atoms. The second-order valence-electron chi connectivity index (χ2n) is 6.96. The van der Waals surface area contributed by atoms with Gasteiger partial charge in [0.2, 0.25) is 0 Å². The lowest BCUT2D eigenvalue weighted by Crippen LogP contribution is -2.45. The van der Waals surface area contributed by atoms with Crippen molar-refractivity contribution in [3.63, 3.8) is 0 Å². The number of amides is 1. The zero-order valence-corrected chi connectivity index (χ0v) is 15.3. The van der Waals surface area contributed by atoms with E-state index in [0.717, 1.165) is 42.8 Å². The van der Waals surface area contributed by atoms with Gasteiger partial charge in [0.25, 0.3) is 5.91 Å². The van der Waals surface area contributed by atoms with Crippen molar-refractivity contribution < 1.29 is 4.79 Å². The van der Waals surface area contributed by atoms with E-state index in [1.54, 1.807) is 0 Å². The normalized spacial score (nSPS) is 16.8. The minimum absolute atomic E-state index is 0.0538. The maximum absolute atomic E-state index is 13.0. The molecule has 1 aromatic heterocycles. The second-order valence-corrected chi connectivity index (χ2v) is 6.96. The summed E-state index contributed by atoms with van der Waals surface area (Å²) in [5.41, 5.74) is 3.47. The van der Waals surface area contributed by atoms with E-state index in [1.807, 2.05) is 59.4 Å². The summed E-state index contributed by atoms with van der Waals surface area (Å²) in [6, 6.07) is 20.2. The van der Waals surface area contributed by atoms with E-state index in [9.17, 15) is 4.79 Å². The van der Waals surface area contributed by atoms with Crippen LogP contribution in [0.1, 0.15) is 28.8 Å². The summed E-state index contributed by atoms with van der Waals surface area (Å²) in [6.45, 7) is 2.49. The minimum atomic E-state index is -0.0538. The maximum atomic E-state index is 13.0. The molecule has 138 valence electrons. The van der Waals surface area contributed by atoms with E-state index >= 15 is 0 Å². The van der Waals surface area contributed by atoms with Gasteiger partial charge in [-0.1, -0.05) is 60.7 Å². The number of hydrogen-bond donors (Lipinski definition) is 2. The Labute approximate surface area is 159 Å². The first-order chi connectivity index (χ1) is 13.3. The lowest BCUT2D eigenvalue weighted by atomic mass is 10.1. The molecule has 0 radical (unpaired) electrons. The zero-order chi connectivity index (χ0) is 18.5. The van der Waals surface area contributed by atoms with Gasteiger partial charge in [0.1, 0.15) is 5.69 Å². The van der Waals surface area contributed by atoms with Crippen LogP contribution in [0.25, 0.3) is 11.3 Å². The Morgan fingerprint density at radius 1 is 1.11 bits per heavy atom. The van der Waals surface area contributed by atoms with Crippen LogP contribution in [0.5, 0.6) is 0 Å². The van der Waals surface area contributed by atoms with Crippen molar-refractivity contribution in [1.82, 2.24) is 20.4 Å². The van der Waals surface area contributed by atoms with Crippen LogP contribution in [0.15, 0.2) is 66.9 Å². The molecule has 0 saturated carbocycles. The molecule has 0 unspecified atom stereocenters. The fourth-order valence-electron chi connectivity index (χ4n) is 3.49. The highest BCUT2D eigenvalue weighted by atomic mass is 16.1. The van der Waals surface area contributed by atoms with Crippen LogP contribution >= 0.6 is 0 Å². The first-order valence-corrected chi connectivity index (χ1v) is 9.48. The Morgan fingerprint density at radius 3 is 2.56 bits per heavy atom. The number of aromatic nitrogens is 2. The quantitative estimate of drug-likeness (QED) is 0.735. The topological polar surface area (TPSA) is 59.0 Å². The monoisotopic (exact) mass is 360 g/mol. The number of rotatable bonds is 5. The molecule has 5 heteroatoms. The molecule has 2 N–H and O–H groups in total. The maximum Gasteiger partial charge on any atom is 0.255 e. The van der Waals surface area contributed by atoms with Crippen LogP contribution in [-0.4, -0.2) is 34.8 Å². The number of nitrogens with one attached hydrogen (secondary N) is 2. The molecule has 1 atom stereocenters. The van der Waals surface area contributed by atoms with Crippen molar-refractivity contribution in [3.05, 3.63) is 78.0 Å². The van der Waals surface area contributed by atoms with Gasteiger partial charge in [-0.05, 0) is 24.9 Å². The molecule has 2 aromatic carbocycles. The van der Waals surface area contributed by atoms with Crippen molar-refractivity contribution in [1.29, 1.82) is 0 Å². The third kappa shape index (κ3) is 4.26. The SMILES string of the molecule is O=C(N[C@H]1CCCNC1)c1cn(Cc2ccccc2)nc1-c1ccccc1. The number of carbonyl (C=O) groups excluding carboxylic acids is 1. The fourth-order valence-corrected chi connectivity index (χ4v) is 3.49. The molecule has 1 amide bonds. The molecule has 1 aliphatic heterocycles. The first kappa shape index (κ1) is 17.5. The van der Waals surface area contributed by atoms with Crippen LogP contribution in [0.3, 0.4) is 0 Å². The Balaban J connectivity index is 1.62. The van der Waals surface area contributed by atoms with Crippen LogP contribution in [0.2, 0.25) is 0 Å². The summed E-state index contributed by atoms with van der Waals surface area (Å²) in [7, 11) is 0. The highest BCUT2D eigenvalue weighted by molar-refractivity contribution is 6.00. The van der Waals surface area contributed by atoms with Crippen molar-refractivity contribution in [2.45, 2.75) is 25.4 Å². The van der Waals surface area contributed by atoms with Crippen molar-refractivity contribution >= 4 is 5.91 Å². The summed E-state index contributed by atoms with van der Waals surface area (Å²) >= 11 is 0. The molecule has 4 rings (SSSR count). The molecule has 1 fully saturated rings. The molecule has 27 heavy (non-hydrogen) atoms. The molecule has 2 heterocycles. The van der Waals surface area contributed by atoms with Gasteiger partial charge in [-0.15, -0.1) is 0 Å². The third-order valence-electron chi connectivity index (χ3n) is 4.87. The number of benzene rings is 2. The molecule has 5 nitrogen and oxygen atoms in total. The van der Waals surface area contributed by atoms with Crippen LogP contribution < -0.4 is 10.6 Å². The summed E-state index contributed by atoms with van der Waals surface area (Å²) in [4.78, 5) is 13.0. The smallest absolute Gasteiger partial charge is 0.255 e. The van der Waals surface area contributed by atoms with E-state index in [2.05, 4.69) is 22.8 Å². The summed E-state index contributed by atoms with van der Waals surface area (Å²) < 4.78 is 1.85. The lowest BCUT2D eigenvalue weighted by molar-refractivity contribution is 0.0931. The minimum Gasteiger partial charge on any atom is -0.348 e. The summed E-state index contributed by atoms with van der Waals surface area (Å²) in [6.07, 6.45) is 3.96. The predicted molar refractivity (Wildman–Crippen MR) is 107 cm³/mol. The third-order valence-corrected chi connectivity index (χ3v) is 4.87. The Bertz CT molecular complexity index is 883. The van der Waals surface area contributed by atoms with Gasteiger partial charge in [-0.2, -0.15) is 5.10 Å². The molecule has 3 aromatic rings. The van der Waals surface area contributed by atoms with E-state index < -0.39 is 0 Å². The zero-order valence-electron chi connectivity index (χ0n) is 15.3. The van der Waals surface area contributed by atoms with Gasteiger partial charge in [0, 0.05) is 24.3 Å². The van der Waals surface area contributed by atoms with E-state index in [-0.39, 0.29) is 11.9 Å². The van der Waals surface area contributed by atoms with E-state index in [4.69, 9.17) is 5.10 Å². The van der Waals surface area contributed by atoms with Crippen LogP contribution in [0.4, 0.5) is 0 Å². The second kappa shape index (κ2) is 8.18. The molecular formula is C22H24N4O. The number of carbonyl (C=O) groups is 1. The fraction of sp³-hybridized carbons (Fsp3) is 0.273. The Kier molecular flexibility index (Phi) is 5.30. The van der Waals surface area contributed by atoms with Gasteiger partial charge in [0.05, 0.1) is 12.1 Å². The number of piperidine rings is 1.